The molecule has 2 aromatic heterocycles. The smallest absolute Gasteiger partial charge is 0.407 e. The number of carboxylic acid groups (broad SMARTS) is 1. The van der Waals surface area contributed by atoms with Gasteiger partial charge in [-0.2, -0.15) is 0 Å². The molecular weight excluding hydrogens is 292 g/mol. The van der Waals surface area contributed by atoms with E-state index < -0.39 is 6.09 Å². The molecular formula is C17H18N4O2. The number of para-hydroxylation sites is 1. The highest BCUT2D eigenvalue weighted by atomic mass is 16.4. The first kappa shape index (κ1) is 13.9. The van der Waals surface area contributed by atoms with Crippen LogP contribution in [-0.2, 0) is 0 Å². The molecule has 0 aliphatic carbocycles. The molecule has 4 rings (SSSR count). The van der Waals surface area contributed by atoms with Crippen LogP contribution in [0.25, 0.3) is 22.3 Å². The van der Waals surface area contributed by atoms with Gasteiger partial charge in [0.2, 0.25) is 0 Å². The van der Waals surface area contributed by atoms with Gasteiger partial charge in [0, 0.05) is 30.2 Å². The molecule has 1 amide bonds. The number of nitrogens with one attached hydrogen (secondary N) is 1. The van der Waals surface area contributed by atoms with Crippen LogP contribution in [0.2, 0.25) is 0 Å². The third-order valence-corrected chi connectivity index (χ3v) is 4.50. The highest BCUT2D eigenvalue weighted by Gasteiger charge is 2.24. The van der Waals surface area contributed by atoms with Crippen LogP contribution in [0.1, 0.15) is 18.9 Å². The fourth-order valence-corrected chi connectivity index (χ4v) is 3.26. The van der Waals surface area contributed by atoms with Gasteiger partial charge in [-0.25, -0.2) is 9.78 Å². The predicted molar refractivity (Wildman–Crippen MR) is 87.4 cm³/mol. The quantitative estimate of drug-likeness (QED) is 0.762. The molecule has 6 heteroatoms. The van der Waals surface area contributed by atoms with Crippen LogP contribution in [0.3, 0.4) is 0 Å². The maximum absolute atomic E-state index is 11.2. The lowest BCUT2D eigenvalue weighted by Crippen LogP contribution is -2.39. The first-order valence-electron chi connectivity index (χ1n) is 7.80. The minimum Gasteiger partial charge on any atom is -0.465 e. The maximum Gasteiger partial charge on any atom is 0.407 e. The lowest BCUT2D eigenvalue weighted by molar-refractivity contribution is 0.121. The third kappa shape index (κ3) is 2.56. The number of benzene rings is 1. The topological polar surface area (TPSA) is 74.2 Å². The average Bonchev–Trinajstić information content (AvgIpc) is 3.21. The second kappa shape index (κ2) is 5.46. The van der Waals surface area contributed by atoms with E-state index in [1.54, 1.807) is 6.33 Å². The van der Waals surface area contributed by atoms with Crippen molar-refractivity contribution in [1.82, 2.24) is 19.4 Å². The van der Waals surface area contributed by atoms with Crippen molar-refractivity contribution in [3.63, 3.8) is 0 Å². The van der Waals surface area contributed by atoms with Crippen molar-refractivity contribution in [3.05, 3.63) is 42.9 Å². The number of piperidine rings is 1. The fraction of sp³-hybridized carbons (Fsp3) is 0.294. The minimum absolute atomic E-state index is 0.158. The van der Waals surface area contributed by atoms with Crippen LogP contribution in [0, 0.1) is 0 Å². The number of hydrogen-bond acceptors (Lipinski definition) is 2. The largest absolute Gasteiger partial charge is 0.465 e. The summed E-state index contributed by atoms with van der Waals surface area (Å²) in [4.78, 5) is 20.5. The molecule has 1 saturated heterocycles. The number of hydrogen-bond donors (Lipinski definition) is 2. The summed E-state index contributed by atoms with van der Waals surface area (Å²) in [7, 11) is 0. The number of fused-ring (bicyclic) bond motifs is 1. The number of aromatic amines is 1. The molecule has 6 nitrogen and oxygen atoms in total. The van der Waals surface area contributed by atoms with Crippen LogP contribution < -0.4 is 0 Å². The maximum atomic E-state index is 11.2. The Morgan fingerprint density at radius 2 is 2.22 bits per heavy atom. The first-order chi connectivity index (χ1) is 11.2. The van der Waals surface area contributed by atoms with Crippen molar-refractivity contribution in [2.45, 2.75) is 18.9 Å². The van der Waals surface area contributed by atoms with Crippen molar-refractivity contribution >= 4 is 17.0 Å². The Bertz CT molecular complexity index is 818. The number of aromatic nitrogens is 3. The Morgan fingerprint density at radius 3 is 3.04 bits per heavy atom. The van der Waals surface area contributed by atoms with Crippen molar-refractivity contribution < 1.29 is 9.90 Å². The lowest BCUT2D eigenvalue weighted by atomic mass is 10.1. The molecule has 1 unspecified atom stereocenters. The average molecular weight is 310 g/mol. The van der Waals surface area contributed by atoms with Gasteiger partial charge in [0.05, 0.1) is 18.1 Å². The zero-order chi connectivity index (χ0) is 15.8. The van der Waals surface area contributed by atoms with E-state index in [0.29, 0.717) is 13.1 Å². The van der Waals surface area contributed by atoms with E-state index in [1.165, 1.54) is 4.90 Å². The van der Waals surface area contributed by atoms with Crippen molar-refractivity contribution in [3.8, 4) is 11.4 Å². The van der Waals surface area contributed by atoms with E-state index in [9.17, 15) is 4.79 Å². The summed E-state index contributed by atoms with van der Waals surface area (Å²) in [5.74, 6) is 0. The van der Waals surface area contributed by atoms with Gasteiger partial charge in [-0.3, -0.25) is 0 Å². The zero-order valence-electron chi connectivity index (χ0n) is 12.6. The van der Waals surface area contributed by atoms with Gasteiger partial charge in [-0.15, -0.1) is 0 Å². The van der Waals surface area contributed by atoms with E-state index in [1.807, 2.05) is 29.0 Å². The van der Waals surface area contributed by atoms with Gasteiger partial charge in [-0.1, -0.05) is 18.2 Å². The summed E-state index contributed by atoms with van der Waals surface area (Å²) in [5.41, 5.74) is 2.95. The summed E-state index contributed by atoms with van der Waals surface area (Å²) in [6, 6.07) is 10.4. The normalized spacial score (nSPS) is 18.4. The Balaban J connectivity index is 1.60. The number of H-pyrrole nitrogens is 1. The molecule has 3 aromatic rings. The number of imidazole rings is 1. The van der Waals surface area contributed by atoms with Crippen LogP contribution in [-0.4, -0.2) is 43.7 Å². The second-order valence-corrected chi connectivity index (χ2v) is 6.00. The van der Waals surface area contributed by atoms with Crippen LogP contribution in [0.15, 0.2) is 42.9 Å². The molecule has 3 heterocycles. The van der Waals surface area contributed by atoms with Gasteiger partial charge in [0.1, 0.15) is 5.69 Å². The lowest BCUT2D eigenvalue weighted by Gasteiger charge is -2.31. The number of nitrogens with zero attached hydrogens (tertiary/aromatic N) is 3. The van der Waals surface area contributed by atoms with Crippen molar-refractivity contribution in [2.75, 3.05) is 13.1 Å². The van der Waals surface area contributed by atoms with Crippen molar-refractivity contribution in [1.29, 1.82) is 0 Å². The van der Waals surface area contributed by atoms with Crippen molar-refractivity contribution in [2.24, 2.45) is 0 Å². The zero-order valence-corrected chi connectivity index (χ0v) is 12.6. The summed E-state index contributed by atoms with van der Waals surface area (Å²) in [5, 5.41) is 10.3. The van der Waals surface area contributed by atoms with E-state index in [0.717, 1.165) is 35.1 Å². The standard InChI is InChI=1S/C17H18N4O2/c22-17(23)20-7-3-5-13(9-20)21-10-16(18-11-21)15-8-12-4-1-2-6-14(12)19-15/h1-2,4,6,8,10-11,13,19H,3,5,7,9H2,(H,22,23). The summed E-state index contributed by atoms with van der Waals surface area (Å²) in [6.07, 6.45) is 4.83. The van der Waals surface area contributed by atoms with Gasteiger partial charge in [0.15, 0.2) is 0 Å². The Kier molecular flexibility index (Phi) is 3.29. The number of carbonyl (C=O) groups is 1. The molecule has 1 atom stereocenters. The second-order valence-electron chi connectivity index (χ2n) is 6.00. The number of likely N-dealkylation sites (tertiary alicyclic amines) is 1. The van der Waals surface area contributed by atoms with Gasteiger partial charge in [-0.05, 0) is 25.0 Å². The number of amides is 1. The van der Waals surface area contributed by atoms with E-state index in [4.69, 9.17) is 5.11 Å². The molecule has 0 bridgehead atoms. The molecule has 0 saturated carbocycles. The Hall–Kier alpha value is -2.76. The molecule has 2 N–H and O–H groups in total. The molecule has 0 spiro atoms. The van der Waals surface area contributed by atoms with E-state index >= 15 is 0 Å². The van der Waals surface area contributed by atoms with Gasteiger partial charge >= 0.3 is 6.09 Å². The molecule has 0 radical (unpaired) electrons. The number of rotatable bonds is 2. The van der Waals surface area contributed by atoms with Crippen LogP contribution in [0.4, 0.5) is 4.79 Å². The highest BCUT2D eigenvalue weighted by Crippen LogP contribution is 2.26. The molecule has 1 aromatic carbocycles. The first-order valence-corrected chi connectivity index (χ1v) is 7.80. The monoisotopic (exact) mass is 310 g/mol. The van der Waals surface area contributed by atoms with Crippen LogP contribution in [0.5, 0.6) is 0 Å². The minimum atomic E-state index is -0.842. The van der Waals surface area contributed by atoms with Crippen LogP contribution >= 0.6 is 0 Å². The third-order valence-electron chi connectivity index (χ3n) is 4.50. The van der Waals surface area contributed by atoms with E-state index in [-0.39, 0.29) is 6.04 Å². The fourth-order valence-electron chi connectivity index (χ4n) is 3.26. The molecule has 23 heavy (non-hydrogen) atoms. The summed E-state index contributed by atoms with van der Waals surface area (Å²) >= 11 is 0. The van der Waals surface area contributed by atoms with Gasteiger partial charge in [0.25, 0.3) is 0 Å². The Labute approximate surface area is 133 Å². The summed E-state index contributed by atoms with van der Waals surface area (Å²) < 4.78 is 2.04. The molecule has 1 fully saturated rings. The molecule has 1 aliphatic heterocycles. The Morgan fingerprint density at radius 1 is 1.35 bits per heavy atom. The molecule has 1 aliphatic rings. The SMILES string of the molecule is O=C(O)N1CCCC(n2cnc(-c3cc4ccccc4[nH]3)c2)C1. The van der Waals surface area contributed by atoms with Gasteiger partial charge < -0.3 is 19.6 Å². The highest BCUT2D eigenvalue weighted by molar-refractivity contribution is 5.85. The predicted octanol–water partition coefficient (Wildman–Crippen LogP) is 3.35. The summed E-state index contributed by atoms with van der Waals surface area (Å²) in [6.45, 7) is 1.15. The molecule has 118 valence electrons. The van der Waals surface area contributed by atoms with E-state index in [2.05, 4.69) is 22.1 Å².